The lowest BCUT2D eigenvalue weighted by Gasteiger charge is -2.11. The predicted octanol–water partition coefficient (Wildman–Crippen LogP) is 4.22. The molecular formula is C24H23NO4. The highest BCUT2D eigenvalue weighted by molar-refractivity contribution is 5.76. The molecule has 5 nitrogen and oxygen atoms in total. The Kier molecular flexibility index (Phi) is 6.96. The molecule has 2 aromatic carbocycles. The van der Waals surface area contributed by atoms with Gasteiger partial charge in [0.05, 0.1) is 13.4 Å². The summed E-state index contributed by atoms with van der Waals surface area (Å²) in [5, 5.41) is 2.95. The average molecular weight is 389 g/mol. The molecule has 5 heteroatoms. The fourth-order valence-electron chi connectivity index (χ4n) is 2.88. The van der Waals surface area contributed by atoms with Gasteiger partial charge in [-0.3, -0.25) is 4.79 Å². The van der Waals surface area contributed by atoms with Gasteiger partial charge in [0, 0.05) is 18.5 Å². The Bertz CT molecular complexity index is 969. The van der Waals surface area contributed by atoms with E-state index in [-0.39, 0.29) is 12.5 Å². The van der Waals surface area contributed by atoms with Gasteiger partial charge in [-0.15, -0.1) is 6.42 Å². The molecule has 0 saturated heterocycles. The highest BCUT2D eigenvalue weighted by Gasteiger charge is 2.08. The van der Waals surface area contributed by atoms with E-state index in [1.807, 2.05) is 54.6 Å². The number of aryl methyl sites for hydroxylation is 1. The Hall–Kier alpha value is -3.65. The van der Waals surface area contributed by atoms with Crippen molar-refractivity contribution in [2.24, 2.45) is 0 Å². The second-order valence-corrected chi connectivity index (χ2v) is 6.43. The molecule has 0 aliphatic carbocycles. The molecule has 1 heterocycles. The van der Waals surface area contributed by atoms with E-state index in [2.05, 4.69) is 11.2 Å². The molecule has 0 atom stereocenters. The summed E-state index contributed by atoms with van der Waals surface area (Å²) < 4.78 is 16.1. The summed E-state index contributed by atoms with van der Waals surface area (Å²) >= 11 is 0. The molecule has 0 bridgehead atoms. The third-order valence-corrected chi connectivity index (χ3v) is 4.43. The van der Waals surface area contributed by atoms with Crippen LogP contribution in [0.4, 0.5) is 0 Å². The highest BCUT2D eigenvalue weighted by atomic mass is 16.5. The second kappa shape index (κ2) is 10.0. The molecule has 3 rings (SSSR count). The van der Waals surface area contributed by atoms with Crippen molar-refractivity contribution in [3.8, 4) is 35.2 Å². The van der Waals surface area contributed by atoms with E-state index in [0.29, 0.717) is 30.9 Å². The number of carbonyl (C=O) groups is 1. The first-order valence-corrected chi connectivity index (χ1v) is 9.32. The number of ether oxygens (including phenoxy) is 2. The summed E-state index contributed by atoms with van der Waals surface area (Å²) in [6.45, 7) is 0.667. The zero-order valence-corrected chi connectivity index (χ0v) is 16.3. The van der Waals surface area contributed by atoms with Crippen molar-refractivity contribution >= 4 is 5.91 Å². The van der Waals surface area contributed by atoms with Crippen LogP contribution in [0.25, 0.3) is 11.3 Å². The first-order valence-electron chi connectivity index (χ1n) is 9.32. The quantitative estimate of drug-likeness (QED) is 0.557. The second-order valence-electron chi connectivity index (χ2n) is 6.43. The lowest BCUT2D eigenvalue weighted by molar-refractivity contribution is -0.121. The topological polar surface area (TPSA) is 60.7 Å². The van der Waals surface area contributed by atoms with Crippen molar-refractivity contribution in [1.82, 2.24) is 5.32 Å². The standard InChI is InChI=1S/C24H23NO4/c1-3-14-28-22-12-8-18(16-23(22)27-2)9-13-24(26)25-17-19-6-10-20(11-7-19)21-5-4-15-29-21/h1,4-8,10-12,15-16H,9,13-14,17H2,2H3,(H,25,26). The van der Waals surface area contributed by atoms with Gasteiger partial charge in [-0.25, -0.2) is 0 Å². The third-order valence-electron chi connectivity index (χ3n) is 4.43. The Morgan fingerprint density at radius 2 is 1.90 bits per heavy atom. The summed E-state index contributed by atoms with van der Waals surface area (Å²) in [6, 6.07) is 17.3. The van der Waals surface area contributed by atoms with Crippen LogP contribution in [0.5, 0.6) is 11.5 Å². The Morgan fingerprint density at radius 3 is 2.59 bits per heavy atom. The van der Waals surface area contributed by atoms with Crippen molar-refractivity contribution in [2.45, 2.75) is 19.4 Å². The van der Waals surface area contributed by atoms with Crippen molar-refractivity contribution < 1.29 is 18.7 Å². The minimum absolute atomic E-state index is 0.00765. The van der Waals surface area contributed by atoms with Gasteiger partial charge >= 0.3 is 0 Å². The molecule has 0 fully saturated rings. The summed E-state index contributed by atoms with van der Waals surface area (Å²) in [6.07, 6.45) is 7.86. The van der Waals surface area contributed by atoms with E-state index in [9.17, 15) is 4.79 Å². The van der Waals surface area contributed by atoms with Gasteiger partial charge in [-0.05, 0) is 41.8 Å². The average Bonchev–Trinajstić information content (AvgIpc) is 3.30. The maximum absolute atomic E-state index is 12.2. The summed E-state index contributed by atoms with van der Waals surface area (Å²) in [5.74, 6) is 4.44. The molecule has 0 unspecified atom stereocenters. The normalized spacial score (nSPS) is 10.2. The summed E-state index contributed by atoms with van der Waals surface area (Å²) in [4.78, 5) is 12.2. The minimum Gasteiger partial charge on any atom is -0.493 e. The molecule has 1 amide bonds. The number of rotatable bonds is 9. The largest absolute Gasteiger partial charge is 0.493 e. The molecular weight excluding hydrogens is 366 g/mol. The minimum atomic E-state index is -0.00765. The van der Waals surface area contributed by atoms with E-state index < -0.39 is 0 Å². The van der Waals surface area contributed by atoms with Crippen molar-refractivity contribution in [1.29, 1.82) is 0 Å². The Balaban J connectivity index is 1.48. The smallest absolute Gasteiger partial charge is 0.220 e. The van der Waals surface area contributed by atoms with E-state index in [4.69, 9.17) is 20.3 Å². The number of amides is 1. The number of methoxy groups -OCH3 is 1. The SMILES string of the molecule is C#CCOc1ccc(CCC(=O)NCc2ccc(-c3ccco3)cc2)cc1OC. The van der Waals surface area contributed by atoms with E-state index >= 15 is 0 Å². The predicted molar refractivity (Wildman–Crippen MR) is 112 cm³/mol. The van der Waals surface area contributed by atoms with Crippen LogP contribution in [0.1, 0.15) is 17.5 Å². The van der Waals surface area contributed by atoms with E-state index in [1.165, 1.54) is 0 Å². The molecule has 0 aliphatic rings. The monoisotopic (exact) mass is 389 g/mol. The van der Waals surface area contributed by atoms with Crippen LogP contribution in [0.3, 0.4) is 0 Å². The van der Waals surface area contributed by atoms with Crippen LogP contribution in [-0.4, -0.2) is 19.6 Å². The fraction of sp³-hybridized carbons (Fsp3) is 0.208. The molecule has 148 valence electrons. The van der Waals surface area contributed by atoms with Crippen LogP contribution in [0.2, 0.25) is 0 Å². The lowest BCUT2D eigenvalue weighted by atomic mass is 10.1. The highest BCUT2D eigenvalue weighted by Crippen LogP contribution is 2.28. The zero-order valence-electron chi connectivity index (χ0n) is 16.3. The summed E-state index contributed by atoms with van der Waals surface area (Å²) in [5.41, 5.74) is 3.03. The maximum atomic E-state index is 12.2. The Labute approximate surface area is 170 Å². The van der Waals surface area contributed by atoms with Crippen LogP contribution < -0.4 is 14.8 Å². The first-order chi connectivity index (χ1) is 14.2. The van der Waals surface area contributed by atoms with Crippen molar-refractivity contribution in [3.63, 3.8) is 0 Å². The first kappa shape index (κ1) is 20.1. The van der Waals surface area contributed by atoms with Crippen LogP contribution >= 0.6 is 0 Å². The molecule has 3 aromatic rings. The zero-order chi connectivity index (χ0) is 20.5. The van der Waals surface area contributed by atoms with Crippen LogP contribution in [-0.2, 0) is 17.8 Å². The van der Waals surface area contributed by atoms with E-state index in [1.54, 1.807) is 13.4 Å². The number of benzene rings is 2. The van der Waals surface area contributed by atoms with Gasteiger partial charge in [0.1, 0.15) is 12.4 Å². The number of hydrogen-bond donors (Lipinski definition) is 1. The molecule has 0 radical (unpaired) electrons. The number of terminal acetylenes is 1. The molecule has 29 heavy (non-hydrogen) atoms. The maximum Gasteiger partial charge on any atom is 0.220 e. The van der Waals surface area contributed by atoms with Crippen LogP contribution in [0.15, 0.2) is 65.3 Å². The van der Waals surface area contributed by atoms with Crippen molar-refractivity contribution in [3.05, 3.63) is 72.0 Å². The van der Waals surface area contributed by atoms with Gasteiger partial charge in [-0.2, -0.15) is 0 Å². The van der Waals surface area contributed by atoms with Crippen molar-refractivity contribution in [2.75, 3.05) is 13.7 Å². The molecule has 1 aromatic heterocycles. The Morgan fingerprint density at radius 1 is 1.10 bits per heavy atom. The number of furan rings is 1. The van der Waals surface area contributed by atoms with Gasteiger partial charge < -0.3 is 19.2 Å². The van der Waals surface area contributed by atoms with Gasteiger partial charge in [0.25, 0.3) is 0 Å². The molecule has 1 N–H and O–H groups in total. The molecule has 0 spiro atoms. The number of nitrogens with one attached hydrogen (secondary N) is 1. The molecule has 0 saturated carbocycles. The lowest BCUT2D eigenvalue weighted by Crippen LogP contribution is -2.22. The number of carbonyl (C=O) groups excluding carboxylic acids is 1. The number of hydrogen-bond acceptors (Lipinski definition) is 4. The fourth-order valence-corrected chi connectivity index (χ4v) is 2.88. The molecule has 0 aliphatic heterocycles. The van der Waals surface area contributed by atoms with Gasteiger partial charge in [0.15, 0.2) is 11.5 Å². The van der Waals surface area contributed by atoms with Gasteiger partial charge in [-0.1, -0.05) is 36.3 Å². The van der Waals surface area contributed by atoms with Gasteiger partial charge in [0.2, 0.25) is 5.91 Å². The van der Waals surface area contributed by atoms with E-state index in [0.717, 1.165) is 22.5 Å². The third kappa shape index (κ3) is 5.66. The van der Waals surface area contributed by atoms with Crippen LogP contribution in [0, 0.1) is 12.3 Å². The summed E-state index contributed by atoms with van der Waals surface area (Å²) in [7, 11) is 1.58.